The van der Waals surface area contributed by atoms with Gasteiger partial charge in [0, 0.05) is 13.9 Å². The van der Waals surface area contributed by atoms with Crippen molar-refractivity contribution in [3.8, 4) is 0 Å². The van der Waals surface area contributed by atoms with Gasteiger partial charge in [-0.05, 0) is 19.7 Å². The summed E-state index contributed by atoms with van der Waals surface area (Å²) in [4.78, 5) is 0. The normalized spacial score (nSPS) is 29.7. The Labute approximate surface area is 53.9 Å². The molecule has 1 N–H and O–H groups in total. The average Bonchev–Trinajstić information content (AvgIpc) is 2.22. The quantitative estimate of drug-likeness (QED) is 0.523. The van der Waals surface area contributed by atoms with E-state index in [0.29, 0.717) is 0 Å². The molecule has 1 aromatic heterocycles. The largest absolute Gasteiger partial charge is 0.283 e. The summed E-state index contributed by atoms with van der Waals surface area (Å²) in [7, 11) is 0. The molecule has 7 heavy (non-hydrogen) atoms. The first-order valence-electron chi connectivity index (χ1n) is 5.59. The van der Waals surface area contributed by atoms with Crippen LogP contribution < -0.4 is 0 Å². The number of nitrogens with one attached hydrogen (secondary N) is 1. The van der Waals surface area contributed by atoms with E-state index in [1.165, 1.54) is 0 Å². The zero-order valence-electron chi connectivity index (χ0n) is 11.4. The van der Waals surface area contributed by atoms with Crippen LogP contribution in [-0.4, -0.2) is 10.2 Å². The van der Waals surface area contributed by atoms with Gasteiger partial charge in [-0.3, -0.25) is 5.09 Å². The molecule has 0 aromatic carbocycles. The van der Waals surface area contributed by atoms with Crippen molar-refractivity contribution in [1.29, 1.82) is 0 Å². The van der Waals surface area contributed by atoms with Gasteiger partial charge in [0.2, 0.25) is 0 Å². The molecule has 0 aliphatic rings. The predicted octanol–water partition coefficient (Wildman–Crippen LogP) is 1.03. The molecule has 0 saturated carbocycles. The molecule has 2 nitrogen and oxygen atoms in total. The third-order valence-electron chi connectivity index (χ3n) is 0.487. The Morgan fingerprint density at radius 2 is 3.14 bits per heavy atom. The number of rotatable bonds is 0. The van der Waals surface area contributed by atoms with Gasteiger partial charge in [0.05, 0.1) is 7.06 Å². The van der Waals surface area contributed by atoms with Crippen LogP contribution in [0.4, 0.5) is 0 Å². The first kappa shape index (κ1) is 0.835. The average molecular weight is 104 g/mol. The maximum absolute atomic E-state index is 7.36. The Hall–Kier alpha value is -0.790. The van der Waals surface area contributed by atoms with E-state index >= 15 is 0 Å². The minimum absolute atomic E-state index is 0.178. The molecule has 0 spiro atoms. The van der Waals surface area contributed by atoms with E-state index in [1.807, 2.05) is 0 Å². The lowest BCUT2D eigenvalue weighted by Gasteiger charge is -1.68. The van der Waals surface area contributed by atoms with Crippen LogP contribution in [0.5, 0.6) is 0 Å². The van der Waals surface area contributed by atoms with Gasteiger partial charge in [0.25, 0.3) is 0 Å². The van der Waals surface area contributed by atoms with Crippen LogP contribution in [0.3, 0.4) is 0 Å². The van der Waals surface area contributed by atoms with Crippen molar-refractivity contribution in [2.24, 2.45) is 0 Å². The maximum Gasteiger partial charge on any atom is 0.190 e. The van der Waals surface area contributed by atoms with E-state index < -0.39 is 31.1 Å². The van der Waals surface area contributed by atoms with Crippen LogP contribution in [0, 0.1) is 13.7 Å². The fourth-order valence-electron chi connectivity index (χ4n) is 0.262. The fraction of sp³-hybridized carbons (Fsp3) is 0.400. The lowest BCUT2D eigenvalue weighted by atomic mass is 10.4. The number of nitrogens with zero attached hydrogens (tertiary/aromatic N) is 1. The van der Waals surface area contributed by atoms with Crippen LogP contribution in [0.25, 0.3) is 0 Å². The van der Waals surface area contributed by atoms with E-state index in [1.54, 1.807) is 0 Å². The number of aromatic amines is 1. The van der Waals surface area contributed by atoms with Gasteiger partial charge in [-0.15, -0.1) is 0 Å². The van der Waals surface area contributed by atoms with E-state index in [4.69, 9.17) is 11.0 Å². The van der Waals surface area contributed by atoms with Gasteiger partial charge in [0.1, 0.15) is 0 Å². The second kappa shape index (κ2) is 1.37. The lowest BCUT2D eigenvalue weighted by molar-refractivity contribution is 1.02. The fourth-order valence-corrected chi connectivity index (χ4v) is 0.262. The zero-order valence-corrected chi connectivity index (χ0v) is 3.39. The van der Waals surface area contributed by atoms with Crippen LogP contribution in [0.2, 0.25) is 1.41 Å². The highest BCUT2D eigenvalue weighted by molar-refractivity contribution is 5.03. The van der Waals surface area contributed by atoms with Crippen LogP contribution in [-0.2, 0) is 0 Å². The number of aromatic nitrogens is 2. The molecule has 0 radical (unpaired) electrons. The van der Waals surface area contributed by atoms with E-state index in [9.17, 15) is 0 Å². The molecule has 0 amide bonds. The Morgan fingerprint density at radius 3 is 3.57 bits per heavy atom. The minimum Gasteiger partial charge on any atom is -0.283 e. The predicted molar refractivity (Wildman–Crippen MR) is 28.1 cm³/mol. The Morgan fingerprint density at radius 1 is 2.14 bits per heavy atom. The second-order valence-corrected chi connectivity index (χ2v) is 1.02. The molecule has 1 heterocycles. The maximum atomic E-state index is 7.36. The van der Waals surface area contributed by atoms with Gasteiger partial charge >= 0.3 is 0 Å². The standard InChI is InChI=1S/C5H8N2/c1-4-3-5(2)7-6-4/h3H,1-2H3,(H,6,7)/i1D3,2D3,3D/hD. The highest BCUT2D eigenvalue weighted by Crippen LogP contribution is 1.92. The number of hydrogen-bond donors (Lipinski definition) is 1. The first-order chi connectivity index (χ1) is 6.55. The molecular formula is C5H8N2. The highest BCUT2D eigenvalue weighted by atomic mass is 15.1. The van der Waals surface area contributed by atoms with E-state index in [-0.39, 0.29) is 5.09 Å². The highest BCUT2D eigenvalue weighted by Gasteiger charge is 1.84. The molecule has 38 valence electrons. The van der Waals surface area contributed by atoms with Crippen LogP contribution in [0.15, 0.2) is 6.04 Å². The molecule has 0 atom stereocenters. The summed E-state index contributed by atoms with van der Waals surface area (Å²) in [6.45, 7) is -5.39. The molecule has 0 aliphatic heterocycles. The molecule has 0 fully saturated rings. The molecule has 0 bridgehead atoms. The minimum atomic E-state index is -2.71. The van der Waals surface area contributed by atoms with Gasteiger partial charge in [-0.1, -0.05) is 0 Å². The summed E-state index contributed by atoms with van der Waals surface area (Å²) in [5, 5.41) is 3.40. The number of H-pyrrole nitrogens is 1. The summed E-state index contributed by atoms with van der Waals surface area (Å²) in [6.07, 6.45) is 0. The van der Waals surface area contributed by atoms with Crippen molar-refractivity contribution in [3.05, 3.63) is 17.4 Å². The van der Waals surface area contributed by atoms with Crippen molar-refractivity contribution in [1.82, 2.24) is 10.2 Å². The smallest absolute Gasteiger partial charge is 0.190 e. The molecule has 1 rings (SSSR count). The van der Waals surface area contributed by atoms with Crippen molar-refractivity contribution in [2.45, 2.75) is 13.7 Å². The van der Waals surface area contributed by atoms with Crippen molar-refractivity contribution >= 4 is 0 Å². The van der Waals surface area contributed by atoms with E-state index in [2.05, 4.69) is 5.10 Å². The van der Waals surface area contributed by atoms with E-state index in [0.717, 1.165) is 0 Å². The Kier molecular flexibility index (Phi) is 0.163. The molecule has 0 aliphatic carbocycles. The Balaban J connectivity index is 3.41. The molecule has 2 heteroatoms. The van der Waals surface area contributed by atoms with Gasteiger partial charge in [0.15, 0.2) is 1.41 Å². The van der Waals surface area contributed by atoms with Crippen LogP contribution in [0.1, 0.15) is 21.0 Å². The summed E-state index contributed by atoms with van der Waals surface area (Å²) < 4.78 is 56.6. The molecular weight excluding hydrogens is 88.1 g/mol. The first-order valence-corrected chi connectivity index (χ1v) is 1.65. The van der Waals surface area contributed by atoms with Gasteiger partial charge in [-0.2, -0.15) is 5.10 Å². The SMILES string of the molecule is [2H]c1c(C([2H])([2H])[2H])nn([2H])c1C([2H])([2H])[2H]. The van der Waals surface area contributed by atoms with Crippen molar-refractivity contribution in [3.63, 3.8) is 0 Å². The zero-order chi connectivity index (χ0) is 12.0. The van der Waals surface area contributed by atoms with Crippen LogP contribution >= 0.6 is 0 Å². The molecule has 1 aromatic rings. The molecule has 0 saturated heterocycles. The summed E-state index contributed by atoms with van der Waals surface area (Å²) >= 11 is 0. The van der Waals surface area contributed by atoms with Gasteiger partial charge in [-0.25, -0.2) is 0 Å². The number of aryl methyl sites for hydroxylation is 1. The lowest BCUT2D eigenvalue weighted by Crippen LogP contribution is -1.68. The van der Waals surface area contributed by atoms with Gasteiger partial charge < -0.3 is 0 Å². The number of hydrogen-bond acceptors (Lipinski definition) is 1. The monoisotopic (exact) mass is 104 g/mol. The molecule has 0 unspecified atom stereocenters. The summed E-state index contributed by atoms with van der Waals surface area (Å²) in [5.74, 6) is 0. The third-order valence-corrected chi connectivity index (χ3v) is 0.487. The van der Waals surface area contributed by atoms with Crippen molar-refractivity contribution in [2.75, 3.05) is 0 Å². The summed E-state index contributed by atoms with van der Waals surface area (Å²) in [5.41, 5.74) is -1.35. The summed E-state index contributed by atoms with van der Waals surface area (Å²) in [6, 6.07) is -0.718. The van der Waals surface area contributed by atoms with Crippen molar-refractivity contribution < 1.29 is 11.0 Å². The Bertz CT molecular complexity index is 372. The topological polar surface area (TPSA) is 28.7 Å². The third kappa shape index (κ3) is 0.796. The second-order valence-electron chi connectivity index (χ2n) is 1.02.